The lowest BCUT2D eigenvalue weighted by Crippen LogP contribution is -2.53. The molecule has 1 unspecified atom stereocenters. The molecule has 3 atom stereocenters. The van der Waals surface area contributed by atoms with Crippen molar-refractivity contribution in [3.8, 4) is 0 Å². The molecule has 228 valence electrons. The van der Waals surface area contributed by atoms with E-state index in [0.29, 0.717) is 6.61 Å². The third kappa shape index (κ3) is 5.30. The van der Waals surface area contributed by atoms with Gasteiger partial charge in [-0.15, -0.1) is 0 Å². The molecule has 0 bridgehead atoms. The monoisotopic (exact) mass is 628 g/mol. The SMILES string of the molecule is CC1(C)O[C@@H]2[C@@H](O1)C(c1ccccc1)(c1ccccc1)OP(=S)(OCC1CCCO1)OC2(c1ccccc1)c1ccccc1. The summed E-state index contributed by atoms with van der Waals surface area (Å²) in [6.45, 7) is 1.23. The average Bonchev–Trinajstić information content (AvgIpc) is 3.69. The van der Waals surface area contributed by atoms with Gasteiger partial charge < -0.3 is 18.7 Å². The molecule has 44 heavy (non-hydrogen) atoms. The summed E-state index contributed by atoms with van der Waals surface area (Å²) in [6, 6.07) is 40.4. The van der Waals surface area contributed by atoms with E-state index in [-0.39, 0.29) is 12.7 Å². The van der Waals surface area contributed by atoms with Gasteiger partial charge in [-0.3, -0.25) is 9.05 Å². The van der Waals surface area contributed by atoms with Crippen LogP contribution in [0.5, 0.6) is 0 Å². The highest BCUT2D eigenvalue weighted by Gasteiger charge is 2.68. The molecule has 3 aliphatic heterocycles. The zero-order valence-electron chi connectivity index (χ0n) is 24.9. The Kier molecular flexibility index (Phi) is 8.11. The van der Waals surface area contributed by atoms with Crippen molar-refractivity contribution in [2.75, 3.05) is 13.2 Å². The largest absolute Gasteiger partial charge is 0.376 e. The van der Waals surface area contributed by atoms with E-state index < -0.39 is 35.9 Å². The Morgan fingerprint density at radius 2 is 1.05 bits per heavy atom. The van der Waals surface area contributed by atoms with Crippen LogP contribution in [0.25, 0.3) is 0 Å². The standard InChI is InChI=1S/C36H37O6PS/c1-34(2)39-32-33(40-34)36(29-20-11-5-12-21-29,30-22-13-6-14-23-30)42-43(44,38-26-31-24-15-25-37-31)41-35(32,27-16-7-3-8-17-27)28-18-9-4-10-19-28/h3-14,16-23,31-33H,15,24-26H2,1-2H3/t31?,32-,33-/m1/s1. The number of fused-ring (bicyclic) bond motifs is 1. The maximum absolute atomic E-state index is 7.34. The third-order valence-electron chi connectivity index (χ3n) is 8.66. The topological polar surface area (TPSA) is 55.4 Å². The van der Waals surface area contributed by atoms with Crippen LogP contribution in [0.1, 0.15) is 48.9 Å². The Morgan fingerprint density at radius 1 is 0.659 bits per heavy atom. The second-order valence-corrected chi connectivity index (χ2v) is 14.8. The maximum atomic E-state index is 7.34. The zero-order chi connectivity index (χ0) is 30.3. The van der Waals surface area contributed by atoms with Crippen LogP contribution in [0.15, 0.2) is 121 Å². The van der Waals surface area contributed by atoms with Crippen LogP contribution in [0, 0.1) is 0 Å². The van der Waals surface area contributed by atoms with Crippen molar-refractivity contribution in [1.29, 1.82) is 0 Å². The third-order valence-corrected chi connectivity index (χ3v) is 10.9. The van der Waals surface area contributed by atoms with Gasteiger partial charge in [0, 0.05) is 6.61 Å². The molecule has 3 saturated heterocycles. The first-order chi connectivity index (χ1) is 21.3. The first-order valence-electron chi connectivity index (χ1n) is 15.2. The molecule has 0 N–H and O–H groups in total. The van der Waals surface area contributed by atoms with Gasteiger partial charge in [0.25, 0.3) is 0 Å². The van der Waals surface area contributed by atoms with Crippen molar-refractivity contribution in [1.82, 2.24) is 0 Å². The van der Waals surface area contributed by atoms with Crippen LogP contribution in [0.2, 0.25) is 0 Å². The first kappa shape index (κ1) is 30.0. The van der Waals surface area contributed by atoms with Crippen molar-refractivity contribution in [2.24, 2.45) is 0 Å². The summed E-state index contributed by atoms with van der Waals surface area (Å²) < 4.78 is 41.3. The zero-order valence-corrected chi connectivity index (χ0v) is 26.6. The molecule has 3 fully saturated rings. The molecule has 0 radical (unpaired) electrons. The van der Waals surface area contributed by atoms with Gasteiger partial charge in [0.2, 0.25) is 0 Å². The first-order valence-corrected chi connectivity index (χ1v) is 17.8. The second kappa shape index (κ2) is 11.9. The van der Waals surface area contributed by atoms with Crippen molar-refractivity contribution in [3.63, 3.8) is 0 Å². The summed E-state index contributed by atoms with van der Waals surface area (Å²) in [7, 11) is 0. The van der Waals surface area contributed by atoms with E-state index in [9.17, 15) is 0 Å². The van der Waals surface area contributed by atoms with Gasteiger partial charge in [-0.1, -0.05) is 121 Å². The summed E-state index contributed by atoms with van der Waals surface area (Å²) >= 11 is 6.49. The van der Waals surface area contributed by atoms with Gasteiger partial charge in [-0.2, -0.15) is 0 Å². The van der Waals surface area contributed by atoms with Crippen molar-refractivity contribution >= 4 is 18.5 Å². The highest BCUT2D eigenvalue weighted by atomic mass is 32.5. The van der Waals surface area contributed by atoms with Crippen LogP contribution in [-0.2, 0) is 50.8 Å². The molecular weight excluding hydrogens is 591 g/mol. The van der Waals surface area contributed by atoms with Gasteiger partial charge in [0.1, 0.15) is 12.2 Å². The molecular formula is C36H37O6PS. The molecule has 0 saturated carbocycles. The molecule has 3 heterocycles. The van der Waals surface area contributed by atoms with Crippen molar-refractivity contribution in [3.05, 3.63) is 144 Å². The lowest BCUT2D eigenvalue weighted by molar-refractivity contribution is -0.176. The van der Waals surface area contributed by atoms with Gasteiger partial charge in [0.15, 0.2) is 17.0 Å². The Hall–Kier alpha value is -2.71. The molecule has 6 nitrogen and oxygen atoms in total. The van der Waals surface area contributed by atoms with Crippen LogP contribution >= 0.6 is 6.72 Å². The molecule has 0 amide bonds. The van der Waals surface area contributed by atoms with Crippen molar-refractivity contribution < 1.29 is 27.8 Å². The Bertz CT molecular complexity index is 1410. The molecule has 4 aromatic carbocycles. The fourth-order valence-corrected chi connectivity index (χ4v) is 9.49. The Labute approximate surface area is 264 Å². The Balaban J connectivity index is 1.53. The van der Waals surface area contributed by atoms with Crippen LogP contribution in [-0.4, -0.2) is 37.3 Å². The molecule has 0 aromatic heterocycles. The van der Waals surface area contributed by atoms with Crippen LogP contribution < -0.4 is 0 Å². The van der Waals surface area contributed by atoms with Crippen LogP contribution in [0.4, 0.5) is 0 Å². The number of hydrogen-bond acceptors (Lipinski definition) is 7. The smallest absolute Gasteiger partial charge is 0.329 e. The molecule has 0 spiro atoms. The normalized spacial score (nSPS) is 26.5. The lowest BCUT2D eigenvalue weighted by atomic mass is 9.72. The molecule has 4 aromatic rings. The van der Waals surface area contributed by atoms with Gasteiger partial charge >= 0.3 is 6.72 Å². The number of ether oxygens (including phenoxy) is 3. The predicted octanol–water partition coefficient (Wildman–Crippen LogP) is 7.86. The minimum Gasteiger partial charge on any atom is -0.376 e. The predicted molar refractivity (Wildman–Crippen MR) is 173 cm³/mol. The summed E-state index contributed by atoms with van der Waals surface area (Å²) in [4.78, 5) is 0. The van der Waals surface area contributed by atoms with Crippen LogP contribution in [0.3, 0.4) is 0 Å². The minimum absolute atomic E-state index is 0.0816. The van der Waals surface area contributed by atoms with Gasteiger partial charge in [0.05, 0.1) is 12.7 Å². The lowest BCUT2D eigenvalue weighted by Gasteiger charge is -2.41. The molecule has 8 heteroatoms. The highest BCUT2D eigenvalue weighted by molar-refractivity contribution is 8.07. The molecule has 0 aliphatic carbocycles. The number of rotatable bonds is 7. The van der Waals surface area contributed by atoms with E-state index in [1.165, 1.54) is 0 Å². The quantitative estimate of drug-likeness (QED) is 0.193. The van der Waals surface area contributed by atoms with Crippen molar-refractivity contribution in [2.45, 2.75) is 62.0 Å². The van der Waals surface area contributed by atoms with Gasteiger partial charge in [-0.25, -0.2) is 0 Å². The maximum Gasteiger partial charge on any atom is 0.329 e. The summed E-state index contributed by atoms with van der Waals surface area (Å²) in [5, 5.41) is 0. The van der Waals surface area contributed by atoms with E-state index in [1.807, 2.05) is 86.6 Å². The van der Waals surface area contributed by atoms with E-state index in [1.54, 1.807) is 0 Å². The summed E-state index contributed by atoms with van der Waals surface area (Å²) in [5.41, 5.74) is 1.02. The number of benzene rings is 4. The van der Waals surface area contributed by atoms with E-state index in [0.717, 1.165) is 35.1 Å². The number of hydrogen-bond donors (Lipinski definition) is 0. The second-order valence-electron chi connectivity index (χ2n) is 12.0. The average molecular weight is 629 g/mol. The highest BCUT2D eigenvalue weighted by Crippen LogP contribution is 2.69. The fourth-order valence-electron chi connectivity index (χ4n) is 6.78. The Morgan fingerprint density at radius 3 is 1.39 bits per heavy atom. The molecule has 7 rings (SSSR count). The fraction of sp³-hybridized carbons (Fsp3) is 0.333. The minimum atomic E-state index is -3.62. The van der Waals surface area contributed by atoms with E-state index >= 15 is 0 Å². The summed E-state index contributed by atoms with van der Waals surface area (Å²) in [6.07, 6.45) is 0.404. The summed E-state index contributed by atoms with van der Waals surface area (Å²) in [5.74, 6) is -0.968. The van der Waals surface area contributed by atoms with Gasteiger partial charge in [-0.05, 0) is 60.7 Å². The van der Waals surface area contributed by atoms with E-state index in [2.05, 4.69) is 48.5 Å². The molecule has 3 aliphatic rings. The van der Waals surface area contributed by atoms with E-state index in [4.69, 9.17) is 39.6 Å².